The molecule has 0 spiro atoms. The Labute approximate surface area is 110 Å². The summed E-state index contributed by atoms with van der Waals surface area (Å²) in [6, 6.07) is 6.95. The van der Waals surface area contributed by atoms with Crippen LogP contribution in [0, 0.1) is 13.8 Å². The molecule has 1 nitrogen and oxygen atoms in total. The number of likely N-dealkylation sites (tertiary alicyclic amines) is 1. The summed E-state index contributed by atoms with van der Waals surface area (Å²) in [4.78, 5) is 0. The van der Waals surface area contributed by atoms with Crippen molar-refractivity contribution in [1.82, 2.24) is 4.48 Å². The van der Waals surface area contributed by atoms with Crippen LogP contribution in [0.1, 0.15) is 24.0 Å². The average Bonchev–Trinajstić information content (AvgIpc) is 2.52. The van der Waals surface area contributed by atoms with Crippen LogP contribution in [0.3, 0.4) is 0 Å². The van der Waals surface area contributed by atoms with Crippen LogP contribution in [0.2, 0.25) is 0 Å². The molecule has 0 amide bonds. The Bertz CT molecular complexity index is 320. The van der Waals surface area contributed by atoms with Gasteiger partial charge in [0.1, 0.15) is 5.69 Å². The van der Waals surface area contributed by atoms with Crippen molar-refractivity contribution in [2.24, 2.45) is 0 Å². The number of rotatable bonds is 1. The molecule has 0 atom stereocenters. The molecule has 1 aliphatic heterocycles. The van der Waals surface area contributed by atoms with Crippen molar-refractivity contribution in [2.45, 2.75) is 26.7 Å². The molecule has 15 heavy (non-hydrogen) atoms. The Balaban J connectivity index is 0.00000112. The van der Waals surface area contributed by atoms with Gasteiger partial charge in [-0.1, -0.05) is 6.07 Å². The maximum atomic E-state index is 2.36. The van der Waals surface area contributed by atoms with Gasteiger partial charge in [0, 0.05) is 25.0 Å². The third-order valence-corrected chi connectivity index (χ3v) is 3.38. The van der Waals surface area contributed by atoms with Gasteiger partial charge in [-0.2, -0.15) is 0 Å². The quantitative estimate of drug-likeness (QED) is 0.507. The third kappa shape index (κ3) is 2.72. The molecule has 1 heterocycles. The van der Waals surface area contributed by atoms with Gasteiger partial charge in [0.2, 0.25) is 0 Å². The second-order valence-electron chi connectivity index (χ2n) is 4.90. The standard InChI is InChI=1S/C13H20N.HI/c1-11-8-12(2)10-13(9-11)14(3)6-4-5-7-14;/h8-10H,4-7H2,1-3H3;1H/q+1;/p-1. The van der Waals surface area contributed by atoms with Crippen LogP contribution in [-0.4, -0.2) is 20.1 Å². The van der Waals surface area contributed by atoms with Crippen LogP contribution in [0.4, 0.5) is 5.69 Å². The Morgan fingerprint density at radius 2 is 1.40 bits per heavy atom. The molecule has 1 saturated heterocycles. The molecule has 84 valence electrons. The molecule has 0 unspecified atom stereocenters. The molecule has 2 rings (SSSR count). The molecule has 0 radical (unpaired) electrons. The normalized spacial score (nSPS) is 18.6. The molecular weight excluding hydrogens is 297 g/mol. The van der Waals surface area contributed by atoms with Crippen molar-refractivity contribution in [3.05, 3.63) is 29.3 Å². The highest BCUT2D eigenvalue weighted by atomic mass is 127. The van der Waals surface area contributed by atoms with Crippen molar-refractivity contribution in [3.63, 3.8) is 0 Å². The van der Waals surface area contributed by atoms with Crippen LogP contribution in [0.5, 0.6) is 0 Å². The van der Waals surface area contributed by atoms with Gasteiger partial charge in [-0.3, -0.25) is 4.48 Å². The zero-order valence-electron chi connectivity index (χ0n) is 9.89. The fourth-order valence-corrected chi connectivity index (χ4v) is 2.55. The number of quaternary nitrogens is 1. The molecule has 0 aliphatic carbocycles. The second kappa shape index (κ2) is 4.83. The summed E-state index contributed by atoms with van der Waals surface area (Å²) < 4.78 is 1.14. The lowest BCUT2D eigenvalue weighted by atomic mass is 10.1. The van der Waals surface area contributed by atoms with Gasteiger partial charge in [-0.25, -0.2) is 0 Å². The largest absolute Gasteiger partial charge is 1.00 e. The first kappa shape index (κ1) is 13.0. The number of nitrogens with zero attached hydrogens (tertiary/aromatic N) is 1. The summed E-state index contributed by atoms with van der Waals surface area (Å²) in [5.74, 6) is 0. The number of benzene rings is 1. The smallest absolute Gasteiger partial charge is 0.133 e. The van der Waals surface area contributed by atoms with Crippen molar-refractivity contribution in [1.29, 1.82) is 0 Å². The van der Waals surface area contributed by atoms with E-state index in [2.05, 4.69) is 39.1 Å². The van der Waals surface area contributed by atoms with Crippen LogP contribution in [0.25, 0.3) is 0 Å². The molecule has 1 aromatic carbocycles. The van der Waals surface area contributed by atoms with Crippen LogP contribution in [-0.2, 0) is 0 Å². The summed E-state index contributed by atoms with van der Waals surface area (Å²) in [5.41, 5.74) is 4.29. The van der Waals surface area contributed by atoms with E-state index in [9.17, 15) is 0 Å². The van der Waals surface area contributed by atoms with Crippen molar-refractivity contribution >= 4 is 5.69 Å². The zero-order valence-corrected chi connectivity index (χ0v) is 12.0. The van der Waals surface area contributed by atoms with E-state index in [4.69, 9.17) is 0 Å². The molecule has 0 bridgehead atoms. The first-order valence-corrected chi connectivity index (χ1v) is 5.54. The highest BCUT2D eigenvalue weighted by Crippen LogP contribution is 2.28. The monoisotopic (exact) mass is 317 g/mol. The summed E-state index contributed by atoms with van der Waals surface area (Å²) in [7, 11) is 2.36. The lowest BCUT2D eigenvalue weighted by molar-refractivity contribution is -0.00000314. The fraction of sp³-hybridized carbons (Fsp3) is 0.538. The lowest BCUT2D eigenvalue weighted by Crippen LogP contribution is -3.00. The van der Waals surface area contributed by atoms with Gasteiger partial charge in [-0.15, -0.1) is 0 Å². The molecule has 0 N–H and O–H groups in total. The minimum atomic E-state index is 0. The molecule has 0 saturated carbocycles. The predicted molar refractivity (Wildman–Crippen MR) is 62.6 cm³/mol. The highest BCUT2D eigenvalue weighted by Gasteiger charge is 2.29. The van der Waals surface area contributed by atoms with Crippen LogP contribution in [0.15, 0.2) is 18.2 Å². The minimum Gasteiger partial charge on any atom is -1.00 e. The van der Waals surface area contributed by atoms with E-state index in [0.717, 1.165) is 4.48 Å². The first-order chi connectivity index (χ1) is 6.60. The topological polar surface area (TPSA) is 0 Å². The first-order valence-electron chi connectivity index (χ1n) is 5.54. The van der Waals surface area contributed by atoms with E-state index < -0.39 is 0 Å². The molecule has 1 fully saturated rings. The SMILES string of the molecule is Cc1cc(C)cc([N+]2(C)CCCC2)c1.[I-]. The number of aryl methyl sites for hydroxylation is 2. The fourth-order valence-electron chi connectivity index (χ4n) is 2.55. The van der Waals surface area contributed by atoms with Crippen molar-refractivity contribution < 1.29 is 24.0 Å². The Kier molecular flexibility index (Phi) is 4.18. The maximum absolute atomic E-state index is 2.36. The molecule has 1 aliphatic rings. The second-order valence-corrected chi connectivity index (χ2v) is 4.90. The summed E-state index contributed by atoms with van der Waals surface area (Å²) in [5, 5.41) is 0. The van der Waals surface area contributed by atoms with E-state index in [1.54, 1.807) is 0 Å². The summed E-state index contributed by atoms with van der Waals surface area (Å²) in [6.07, 6.45) is 2.76. The van der Waals surface area contributed by atoms with Crippen molar-refractivity contribution in [3.8, 4) is 0 Å². The van der Waals surface area contributed by atoms with E-state index in [0.29, 0.717) is 0 Å². The Morgan fingerprint density at radius 3 is 1.87 bits per heavy atom. The van der Waals surface area contributed by atoms with Crippen molar-refractivity contribution in [2.75, 3.05) is 20.1 Å². The average molecular weight is 317 g/mol. The Hall–Kier alpha value is -0.0900. The Morgan fingerprint density at radius 1 is 0.933 bits per heavy atom. The predicted octanol–water partition coefficient (Wildman–Crippen LogP) is 0.0383. The van der Waals surface area contributed by atoms with Gasteiger partial charge in [0.25, 0.3) is 0 Å². The van der Waals surface area contributed by atoms with E-state index >= 15 is 0 Å². The van der Waals surface area contributed by atoms with Crippen LogP contribution >= 0.6 is 0 Å². The maximum Gasteiger partial charge on any atom is 0.133 e. The van der Waals surface area contributed by atoms with Gasteiger partial charge in [0.15, 0.2) is 0 Å². The molecule has 2 heteroatoms. The van der Waals surface area contributed by atoms with E-state index in [1.165, 1.54) is 42.7 Å². The van der Waals surface area contributed by atoms with E-state index in [-0.39, 0.29) is 24.0 Å². The zero-order chi connectivity index (χ0) is 10.2. The van der Waals surface area contributed by atoms with Crippen LogP contribution < -0.4 is 28.5 Å². The number of hydrogen-bond donors (Lipinski definition) is 0. The molecule has 0 aromatic heterocycles. The highest BCUT2D eigenvalue weighted by molar-refractivity contribution is 5.48. The van der Waals surface area contributed by atoms with Gasteiger partial charge in [0.05, 0.1) is 20.1 Å². The molecule has 1 aromatic rings. The molecular formula is C13H20IN. The van der Waals surface area contributed by atoms with Gasteiger partial charge >= 0.3 is 0 Å². The van der Waals surface area contributed by atoms with Gasteiger partial charge < -0.3 is 24.0 Å². The number of halogens is 1. The number of hydrogen-bond acceptors (Lipinski definition) is 0. The minimum absolute atomic E-state index is 0. The van der Waals surface area contributed by atoms with E-state index in [1.807, 2.05) is 0 Å². The lowest BCUT2D eigenvalue weighted by Gasteiger charge is -2.29. The summed E-state index contributed by atoms with van der Waals surface area (Å²) >= 11 is 0. The van der Waals surface area contributed by atoms with Gasteiger partial charge in [-0.05, 0) is 25.0 Å². The summed E-state index contributed by atoms with van der Waals surface area (Å²) in [6.45, 7) is 7.00. The third-order valence-electron chi connectivity index (χ3n) is 3.38.